The molecule has 1 fully saturated rings. The maximum absolute atomic E-state index is 12.7. The lowest BCUT2D eigenvalue weighted by Gasteiger charge is -2.28. The summed E-state index contributed by atoms with van der Waals surface area (Å²) in [6.07, 6.45) is 4.66. The van der Waals surface area contributed by atoms with Crippen LogP contribution in [0.4, 0.5) is 5.69 Å². The molecule has 1 heterocycles. The number of hydrogen-bond donors (Lipinski definition) is 1. The Morgan fingerprint density at radius 1 is 1.11 bits per heavy atom. The van der Waals surface area contributed by atoms with E-state index < -0.39 is 0 Å². The van der Waals surface area contributed by atoms with Gasteiger partial charge < -0.3 is 15.0 Å². The first-order chi connectivity index (χ1) is 13.1. The summed E-state index contributed by atoms with van der Waals surface area (Å²) in [6, 6.07) is 14.1. The number of hydrogen-bond acceptors (Lipinski definition) is 3. The lowest BCUT2D eigenvalue weighted by atomic mass is 10.0. The molecule has 1 N–H and O–H groups in total. The molecule has 2 aromatic carbocycles. The van der Waals surface area contributed by atoms with E-state index in [2.05, 4.69) is 35.3 Å². The highest BCUT2D eigenvalue weighted by molar-refractivity contribution is 5.94. The molecule has 0 saturated carbocycles. The molecule has 1 amide bonds. The van der Waals surface area contributed by atoms with E-state index in [0.717, 1.165) is 36.4 Å². The Bertz CT molecular complexity index is 764. The molecule has 0 unspecified atom stereocenters. The average Bonchev–Trinajstić information content (AvgIpc) is 2.72. The van der Waals surface area contributed by atoms with Crippen LogP contribution in [-0.2, 0) is 0 Å². The van der Waals surface area contributed by atoms with E-state index in [4.69, 9.17) is 4.74 Å². The SMILES string of the molecule is CC[C@H](NC(=O)c1ccc(N2CCCCC2)cc1)c1ccc(OC)c(C)c1. The molecule has 0 aliphatic carbocycles. The number of anilines is 1. The van der Waals surface area contributed by atoms with Gasteiger partial charge >= 0.3 is 0 Å². The van der Waals surface area contributed by atoms with Gasteiger partial charge in [-0.1, -0.05) is 19.1 Å². The van der Waals surface area contributed by atoms with E-state index in [0.29, 0.717) is 5.56 Å². The number of carbonyl (C=O) groups excluding carboxylic acids is 1. The topological polar surface area (TPSA) is 41.6 Å². The average molecular weight is 367 g/mol. The highest BCUT2D eigenvalue weighted by Gasteiger charge is 2.16. The van der Waals surface area contributed by atoms with Crippen molar-refractivity contribution in [3.8, 4) is 5.75 Å². The Kier molecular flexibility index (Phi) is 6.38. The number of aryl methyl sites for hydroxylation is 1. The summed E-state index contributed by atoms with van der Waals surface area (Å²) < 4.78 is 5.33. The molecule has 144 valence electrons. The number of rotatable bonds is 6. The molecule has 1 aliphatic heterocycles. The third-order valence-corrected chi connectivity index (χ3v) is 5.39. The van der Waals surface area contributed by atoms with Crippen LogP contribution in [0.15, 0.2) is 42.5 Å². The summed E-state index contributed by atoms with van der Waals surface area (Å²) >= 11 is 0. The van der Waals surface area contributed by atoms with Crippen molar-refractivity contribution in [1.82, 2.24) is 5.32 Å². The van der Waals surface area contributed by atoms with Crippen LogP contribution < -0.4 is 15.0 Å². The largest absolute Gasteiger partial charge is 0.496 e. The van der Waals surface area contributed by atoms with Crippen LogP contribution in [-0.4, -0.2) is 26.1 Å². The van der Waals surface area contributed by atoms with Crippen molar-refractivity contribution in [1.29, 1.82) is 0 Å². The monoisotopic (exact) mass is 366 g/mol. The molecule has 0 aromatic heterocycles. The van der Waals surface area contributed by atoms with Gasteiger partial charge in [0.25, 0.3) is 5.91 Å². The summed E-state index contributed by atoms with van der Waals surface area (Å²) in [6.45, 7) is 6.33. The van der Waals surface area contributed by atoms with E-state index in [1.54, 1.807) is 7.11 Å². The van der Waals surface area contributed by atoms with E-state index in [9.17, 15) is 4.79 Å². The van der Waals surface area contributed by atoms with Gasteiger partial charge in [-0.2, -0.15) is 0 Å². The molecule has 1 aliphatic rings. The second kappa shape index (κ2) is 8.94. The molecular formula is C23H30N2O2. The zero-order chi connectivity index (χ0) is 19.2. The van der Waals surface area contributed by atoms with Crippen LogP contribution in [0.3, 0.4) is 0 Å². The molecule has 2 aromatic rings. The highest BCUT2D eigenvalue weighted by atomic mass is 16.5. The van der Waals surface area contributed by atoms with E-state index in [1.165, 1.54) is 24.9 Å². The molecule has 1 atom stereocenters. The molecule has 3 rings (SSSR count). The van der Waals surface area contributed by atoms with Crippen LogP contribution in [0, 0.1) is 6.92 Å². The normalized spacial score (nSPS) is 15.3. The van der Waals surface area contributed by atoms with Gasteiger partial charge in [-0.15, -0.1) is 0 Å². The fourth-order valence-corrected chi connectivity index (χ4v) is 3.76. The first-order valence-corrected chi connectivity index (χ1v) is 9.92. The van der Waals surface area contributed by atoms with E-state index in [1.807, 2.05) is 31.2 Å². The maximum atomic E-state index is 12.7. The predicted octanol–water partition coefficient (Wildman–Crippen LogP) is 4.88. The minimum absolute atomic E-state index is 0.0103. The quantitative estimate of drug-likeness (QED) is 0.792. The minimum Gasteiger partial charge on any atom is -0.496 e. The highest BCUT2D eigenvalue weighted by Crippen LogP contribution is 2.25. The Morgan fingerprint density at radius 3 is 2.41 bits per heavy atom. The zero-order valence-electron chi connectivity index (χ0n) is 16.6. The molecule has 0 spiro atoms. The Balaban J connectivity index is 1.68. The fraction of sp³-hybridized carbons (Fsp3) is 0.435. The number of amides is 1. The number of carbonyl (C=O) groups is 1. The van der Waals surface area contributed by atoms with Gasteiger partial charge in [-0.3, -0.25) is 4.79 Å². The molecule has 0 bridgehead atoms. The number of piperidine rings is 1. The van der Waals surface area contributed by atoms with Crippen LogP contribution >= 0.6 is 0 Å². The Morgan fingerprint density at radius 2 is 1.81 bits per heavy atom. The van der Waals surface area contributed by atoms with Crippen LogP contribution in [0.2, 0.25) is 0 Å². The molecule has 27 heavy (non-hydrogen) atoms. The fourth-order valence-electron chi connectivity index (χ4n) is 3.76. The lowest BCUT2D eigenvalue weighted by molar-refractivity contribution is 0.0935. The smallest absolute Gasteiger partial charge is 0.251 e. The van der Waals surface area contributed by atoms with Crippen molar-refractivity contribution in [3.63, 3.8) is 0 Å². The van der Waals surface area contributed by atoms with Crippen molar-refractivity contribution < 1.29 is 9.53 Å². The first kappa shape index (κ1) is 19.3. The summed E-state index contributed by atoms with van der Waals surface area (Å²) in [5.74, 6) is 0.841. The van der Waals surface area contributed by atoms with Gasteiger partial charge in [0.2, 0.25) is 0 Å². The van der Waals surface area contributed by atoms with Gasteiger partial charge in [0, 0.05) is 24.3 Å². The summed E-state index contributed by atoms with van der Waals surface area (Å²) in [4.78, 5) is 15.1. The van der Waals surface area contributed by atoms with Gasteiger partial charge in [0.05, 0.1) is 13.2 Å². The van der Waals surface area contributed by atoms with Crippen LogP contribution in [0.25, 0.3) is 0 Å². The Labute approximate surface area is 162 Å². The van der Waals surface area contributed by atoms with Gasteiger partial charge in [0.15, 0.2) is 0 Å². The molecular weight excluding hydrogens is 336 g/mol. The summed E-state index contributed by atoms with van der Waals surface area (Å²) in [7, 11) is 1.68. The number of methoxy groups -OCH3 is 1. The standard InChI is InChI=1S/C23H30N2O2/c1-4-21(19-10-13-22(27-3)17(2)16-19)24-23(26)18-8-11-20(12-9-18)25-14-6-5-7-15-25/h8-13,16,21H,4-7,14-15H2,1-3H3,(H,24,26)/t21-/m0/s1. The summed E-state index contributed by atoms with van der Waals surface area (Å²) in [5.41, 5.74) is 4.10. The van der Waals surface area contributed by atoms with Crippen LogP contribution in [0.5, 0.6) is 5.75 Å². The van der Waals surface area contributed by atoms with Crippen molar-refractivity contribution in [2.24, 2.45) is 0 Å². The van der Waals surface area contributed by atoms with Crippen molar-refractivity contribution >= 4 is 11.6 Å². The number of nitrogens with one attached hydrogen (secondary N) is 1. The minimum atomic E-state index is -0.0273. The molecule has 4 nitrogen and oxygen atoms in total. The lowest BCUT2D eigenvalue weighted by Crippen LogP contribution is -2.30. The predicted molar refractivity (Wildman–Crippen MR) is 111 cm³/mol. The van der Waals surface area contributed by atoms with Crippen LogP contribution in [0.1, 0.15) is 60.1 Å². The number of ether oxygens (including phenoxy) is 1. The van der Waals surface area contributed by atoms with E-state index in [-0.39, 0.29) is 11.9 Å². The second-order valence-corrected chi connectivity index (χ2v) is 7.26. The molecule has 0 radical (unpaired) electrons. The first-order valence-electron chi connectivity index (χ1n) is 9.92. The zero-order valence-corrected chi connectivity index (χ0v) is 16.6. The van der Waals surface area contributed by atoms with Gasteiger partial charge in [0.1, 0.15) is 5.75 Å². The van der Waals surface area contributed by atoms with Crippen molar-refractivity contribution in [2.45, 2.75) is 45.6 Å². The van der Waals surface area contributed by atoms with Gasteiger partial charge in [-0.25, -0.2) is 0 Å². The van der Waals surface area contributed by atoms with Crippen molar-refractivity contribution in [2.75, 3.05) is 25.1 Å². The number of nitrogens with zero attached hydrogens (tertiary/aromatic N) is 1. The number of benzene rings is 2. The third kappa shape index (κ3) is 4.62. The molecule has 4 heteroatoms. The Hall–Kier alpha value is -2.49. The maximum Gasteiger partial charge on any atom is 0.251 e. The van der Waals surface area contributed by atoms with Crippen molar-refractivity contribution in [3.05, 3.63) is 59.2 Å². The third-order valence-electron chi connectivity index (χ3n) is 5.39. The van der Waals surface area contributed by atoms with E-state index >= 15 is 0 Å². The summed E-state index contributed by atoms with van der Waals surface area (Å²) in [5, 5.41) is 3.17. The second-order valence-electron chi connectivity index (χ2n) is 7.26. The van der Waals surface area contributed by atoms with Gasteiger partial charge in [-0.05, 0) is 74.1 Å². The molecule has 1 saturated heterocycles.